The molecular weight excluding hydrogens is 486 g/mol. The van der Waals surface area contributed by atoms with Gasteiger partial charge >= 0.3 is 12.1 Å². The van der Waals surface area contributed by atoms with Crippen molar-refractivity contribution in [2.45, 2.75) is 43.5 Å². The van der Waals surface area contributed by atoms with Gasteiger partial charge in [0.15, 0.2) is 11.4 Å². The minimum atomic E-state index is -1.55. The number of hydrogen-bond donors (Lipinski definition) is 3. The van der Waals surface area contributed by atoms with E-state index in [9.17, 15) is 24.3 Å². The number of oxime groups is 1. The molecule has 4 atom stereocenters. The summed E-state index contributed by atoms with van der Waals surface area (Å²) in [5, 5.41) is 18.2. The highest BCUT2D eigenvalue weighted by atomic mass is 32.2. The number of β-lactam (4-membered cyclic amide) rings is 1. The van der Waals surface area contributed by atoms with Crippen molar-refractivity contribution in [1.82, 2.24) is 15.5 Å². The number of amides is 3. The van der Waals surface area contributed by atoms with E-state index < -0.39 is 52.0 Å². The number of carbonyl (C=O) groups excluding carboxylic acids is 3. The number of carboxylic acid groups (broad SMARTS) is 1. The first-order chi connectivity index (χ1) is 15.9. The van der Waals surface area contributed by atoms with Crippen LogP contribution < -0.4 is 10.6 Å². The van der Waals surface area contributed by atoms with Crippen LogP contribution in [0, 0.1) is 5.41 Å². The second-order valence-electron chi connectivity index (χ2n) is 8.94. The number of rotatable bonds is 7. The molecule has 3 N–H and O–H groups in total. The molecule has 0 saturated carbocycles. The van der Waals surface area contributed by atoms with Crippen molar-refractivity contribution in [2.75, 3.05) is 25.2 Å². The monoisotopic (exact) mass is 513 g/mol. The van der Waals surface area contributed by atoms with E-state index in [1.807, 2.05) is 0 Å². The van der Waals surface area contributed by atoms with Gasteiger partial charge in [0.2, 0.25) is 5.91 Å². The standard InChI is InChI=1S/C20H27N5O7S2/c1-6-19(16(28)29)7-25-14(27)11(15(25)34-8-19)22-13(26)12(24-31-5)20(9-33-10-21-20)23-17(30)32-18(2,3)4/h6,10-11,15H,1,7-9H2,2-5H3,(H,22,26)(H,23,30)(H,28,29)/t11?,15-,19?,20?/m1/s1. The molecule has 0 radical (unpaired) electrons. The zero-order chi connectivity index (χ0) is 25.3. The highest BCUT2D eigenvalue weighted by Crippen LogP contribution is 2.42. The van der Waals surface area contributed by atoms with Crippen LogP contribution in [0.1, 0.15) is 20.8 Å². The number of carbonyl (C=O) groups is 4. The summed E-state index contributed by atoms with van der Waals surface area (Å²) in [6.45, 7) is 8.67. The average molecular weight is 514 g/mol. The molecule has 0 aliphatic carbocycles. The van der Waals surface area contributed by atoms with E-state index >= 15 is 0 Å². The van der Waals surface area contributed by atoms with Gasteiger partial charge < -0.3 is 24.9 Å². The number of nitrogens with one attached hydrogen (secondary N) is 2. The van der Waals surface area contributed by atoms with Crippen molar-refractivity contribution in [3.05, 3.63) is 12.7 Å². The average Bonchev–Trinajstić information content (AvgIpc) is 3.22. The van der Waals surface area contributed by atoms with Crippen molar-refractivity contribution >= 4 is 58.7 Å². The lowest BCUT2D eigenvalue weighted by molar-refractivity contribution is -0.156. The van der Waals surface area contributed by atoms with Gasteiger partial charge in [0.1, 0.15) is 29.5 Å². The van der Waals surface area contributed by atoms with Crippen LogP contribution in [0.25, 0.3) is 0 Å². The van der Waals surface area contributed by atoms with E-state index in [1.165, 1.54) is 47.2 Å². The maximum absolute atomic E-state index is 13.2. The molecule has 3 aliphatic rings. The molecule has 12 nitrogen and oxygen atoms in total. The Hall–Kier alpha value is -2.74. The van der Waals surface area contributed by atoms with Crippen LogP contribution >= 0.6 is 23.5 Å². The lowest BCUT2D eigenvalue weighted by atomic mass is 9.87. The number of fused-ring (bicyclic) bond motifs is 1. The van der Waals surface area contributed by atoms with Gasteiger partial charge in [-0.25, -0.2) is 4.79 Å². The minimum Gasteiger partial charge on any atom is -0.481 e. The third-order valence-electron chi connectivity index (χ3n) is 5.35. The fraction of sp³-hybridized carbons (Fsp3) is 0.600. The third-order valence-corrected chi connectivity index (χ3v) is 7.73. The molecule has 3 rings (SSSR count). The largest absolute Gasteiger partial charge is 0.481 e. The molecule has 2 saturated heterocycles. The Morgan fingerprint density at radius 2 is 2.09 bits per heavy atom. The smallest absolute Gasteiger partial charge is 0.409 e. The molecule has 3 heterocycles. The number of nitrogens with zero attached hydrogens (tertiary/aromatic N) is 3. The summed E-state index contributed by atoms with van der Waals surface area (Å²) in [6, 6.07) is -0.896. The summed E-state index contributed by atoms with van der Waals surface area (Å²) in [5.41, 5.74) is -2.35. The number of ether oxygens (including phenoxy) is 1. The Morgan fingerprint density at radius 3 is 2.62 bits per heavy atom. The van der Waals surface area contributed by atoms with Crippen LogP contribution in [0.15, 0.2) is 22.8 Å². The number of alkyl carbamates (subject to hydrolysis) is 1. The summed E-state index contributed by atoms with van der Waals surface area (Å²) >= 11 is 2.50. The molecule has 0 spiro atoms. The van der Waals surface area contributed by atoms with Crippen LogP contribution in [0.5, 0.6) is 0 Å². The molecule has 2 fully saturated rings. The second kappa shape index (κ2) is 9.49. The van der Waals surface area contributed by atoms with Gasteiger partial charge in [-0.2, -0.15) is 0 Å². The number of carboxylic acids is 1. The Labute approximate surface area is 204 Å². The zero-order valence-corrected chi connectivity index (χ0v) is 20.8. The van der Waals surface area contributed by atoms with E-state index in [0.717, 1.165) is 0 Å². The van der Waals surface area contributed by atoms with Crippen molar-refractivity contribution < 1.29 is 33.9 Å². The van der Waals surface area contributed by atoms with Crippen LogP contribution in [0.2, 0.25) is 0 Å². The van der Waals surface area contributed by atoms with Gasteiger partial charge in [-0.05, 0) is 20.8 Å². The van der Waals surface area contributed by atoms with Crippen LogP contribution in [-0.2, 0) is 24.0 Å². The molecule has 14 heteroatoms. The third kappa shape index (κ3) is 4.87. The first kappa shape index (κ1) is 25.9. The quantitative estimate of drug-likeness (QED) is 0.192. The SMILES string of the molecule is C=CC1(C(=O)O)CS[C@@H]2C(NC(=O)C(=NOC)C3(NC(=O)OC(C)(C)C)CSC=N3)C(=O)N2C1. The van der Waals surface area contributed by atoms with E-state index in [1.54, 1.807) is 20.8 Å². The predicted octanol–water partition coefficient (Wildman–Crippen LogP) is 0.642. The summed E-state index contributed by atoms with van der Waals surface area (Å²) in [6.07, 6.45) is 0.537. The minimum absolute atomic E-state index is 0.0290. The molecule has 3 amide bonds. The van der Waals surface area contributed by atoms with Gasteiger partial charge in [-0.15, -0.1) is 30.1 Å². The molecule has 0 bridgehead atoms. The molecule has 34 heavy (non-hydrogen) atoms. The van der Waals surface area contributed by atoms with E-state index in [-0.39, 0.29) is 23.8 Å². The molecule has 0 aromatic rings. The van der Waals surface area contributed by atoms with Crippen LogP contribution in [0.3, 0.4) is 0 Å². The topological polar surface area (TPSA) is 159 Å². The second-order valence-corrected chi connectivity index (χ2v) is 10.9. The normalized spacial score (nSPS) is 30.6. The Morgan fingerprint density at radius 1 is 1.38 bits per heavy atom. The molecular formula is C20H27N5O7S2. The van der Waals surface area contributed by atoms with Crippen molar-refractivity contribution in [1.29, 1.82) is 0 Å². The van der Waals surface area contributed by atoms with Gasteiger partial charge in [0.25, 0.3) is 5.91 Å². The van der Waals surface area contributed by atoms with Gasteiger partial charge in [-0.3, -0.25) is 24.7 Å². The maximum Gasteiger partial charge on any atom is 0.409 e. The lowest BCUT2D eigenvalue weighted by Gasteiger charge is -2.53. The van der Waals surface area contributed by atoms with Gasteiger partial charge in [-0.1, -0.05) is 11.2 Å². The van der Waals surface area contributed by atoms with Gasteiger partial charge in [0, 0.05) is 18.1 Å². The summed E-state index contributed by atoms with van der Waals surface area (Å²) < 4.78 is 5.30. The summed E-state index contributed by atoms with van der Waals surface area (Å²) in [4.78, 5) is 60.6. The van der Waals surface area contributed by atoms with Crippen molar-refractivity contribution in [3.8, 4) is 0 Å². The van der Waals surface area contributed by atoms with E-state index in [2.05, 4.69) is 27.4 Å². The highest BCUT2D eigenvalue weighted by molar-refractivity contribution is 8.12. The Kier molecular flexibility index (Phi) is 7.22. The zero-order valence-electron chi connectivity index (χ0n) is 19.2. The Balaban J connectivity index is 1.76. The fourth-order valence-corrected chi connectivity index (χ4v) is 5.98. The van der Waals surface area contributed by atoms with Crippen molar-refractivity contribution in [2.24, 2.45) is 15.6 Å². The Bertz CT molecular complexity index is 965. The number of thioether (sulfide) groups is 2. The summed E-state index contributed by atoms with van der Waals surface area (Å²) in [5.74, 6) is -1.87. The van der Waals surface area contributed by atoms with Crippen LogP contribution in [-0.4, -0.2) is 93.0 Å². The van der Waals surface area contributed by atoms with E-state index in [4.69, 9.17) is 9.57 Å². The number of aliphatic imine (C=N–C) groups is 1. The molecule has 0 aromatic heterocycles. The molecule has 3 aliphatic heterocycles. The first-order valence-electron chi connectivity index (χ1n) is 10.3. The first-order valence-corrected chi connectivity index (χ1v) is 12.4. The number of aliphatic carboxylic acids is 1. The molecule has 3 unspecified atom stereocenters. The van der Waals surface area contributed by atoms with E-state index in [0.29, 0.717) is 0 Å². The highest BCUT2D eigenvalue weighted by Gasteiger charge is 2.57. The van der Waals surface area contributed by atoms with Gasteiger partial charge in [0.05, 0.1) is 5.55 Å². The maximum atomic E-state index is 13.2. The number of hydrogen-bond acceptors (Lipinski definition) is 10. The predicted molar refractivity (Wildman–Crippen MR) is 128 cm³/mol. The fourth-order valence-electron chi connectivity index (χ4n) is 3.59. The van der Waals surface area contributed by atoms with Crippen LogP contribution in [0.4, 0.5) is 4.79 Å². The molecule has 0 aromatic carbocycles. The summed E-state index contributed by atoms with van der Waals surface area (Å²) in [7, 11) is 1.24. The lowest BCUT2D eigenvalue weighted by Crippen LogP contribution is -2.74. The molecule has 186 valence electrons. The van der Waals surface area contributed by atoms with Crippen molar-refractivity contribution in [3.63, 3.8) is 0 Å².